The Bertz CT molecular complexity index is 172. The van der Waals surface area contributed by atoms with Crippen molar-refractivity contribution in [2.24, 2.45) is 0 Å². The van der Waals surface area contributed by atoms with Gasteiger partial charge in [0, 0.05) is 18.3 Å². The van der Waals surface area contributed by atoms with E-state index in [0.717, 1.165) is 5.70 Å². The highest BCUT2D eigenvalue weighted by Gasteiger charge is 1.83. The quantitative estimate of drug-likeness (QED) is 0.441. The number of rotatable bonds is 2. The number of nitriles is 1. The predicted molar refractivity (Wildman–Crippen MR) is 37.6 cm³/mol. The monoisotopic (exact) mass is 122 g/mol. The van der Waals surface area contributed by atoms with Crippen LogP contribution in [0.1, 0.15) is 6.92 Å². The van der Waals surface area contributed by atoms with Crippen LogP contribution in [0.15, 0.2) is 23.9 Å². The fraction of sp³-hybridized carbons (Fsp3) is 0.286. The highest BCUT2D eigenvalue weighted by molar-refractivity contribution is 5.26. The van der Waals surface area contributed by atoms with Gasteiger partial charge in [-0.1, -0.05) is 6.58 Å². The molecule has 0 heterocycles. The Labute approximate surface area is 55.5 Å². The van der Waals surface area contributed by atoms with Gasteiger partial charge in [-0.05, 0) is 13.0 Å². The first-order valence-electron chi connectivity index (χ1n) is 2.65. The highest BCUT2D eigenvalue weighted by Crippen LogP contribution is 1.93. The molecule has 0 saturated carbocycles. The second-order valence-electron chi connectivity index (χ2n) is 1.71. The lowest BCUT2D eigenvalue weighted by atomic mass is 10.3. The van der Waals surface area contributed by atoms with Gasteiger partial charge >= 0.3 is 0 Å². The summed E-state index contributed by atoms with van der Waals surface area (Å²) in [5.41, 5.74) is 1.42. The van der Waals surface area contributed by atoms with E-state index in [2.05, 4.69) is 11.9 Å². The third-order valence-electron chi connectivity index (χ3n) is 0.888. The molecule has 0 unspecified atom stereocenters. The second-order valence-corrected chi connectivity index (χ2v) is 1.71. The lowest BCUT2D eigenvalue weighted by Crippen LogP contribution is -2.00. The minimum Gasteiger partial charge on any atom is -0.389 e. The Morgan fingerprint density at radius 2 is 2.33 bits per heavy atom. The van der Waals surface area contributed by atoms with Crippen LogP contribution >= 0.6 is 0 Å². The van der Waals surface area contributed by atoms with E-state index in [-0.39, 0.29) is 0 Å². The van der Waals surface area contributed by atoms with Gasteiger partial charge in [0.15, 0.2) is 0 Å². The standard InChI is InChI=1S/C7H10N2/c1-6(5-8)4-7(2)9-3/h4,9H,2H2,1,3H3/b6-4+. The Kier molecular flexibility index (Phi) is 3.22. The topological polar surface area (TPSA) is 35.8 Å². The van der Waals surface area contributed by atoms with Gasteiger partial charge in [0.2, 0.25) is 0 Å². The van der Waals surface area contributed by atoms with Crippen molar-refractivity contribution in [1.82, 2.24) is 5.32 Å². The summed E-state index contributed by atoms with van der Waals surface area (Å²) in [6, 6.07) is 1.99. The summed E-state index contributed by atoms with van der Waals surface area (Å²) in [6.07, 6.45) is 1.69. The zero-order valence-electron chi connectivity index (χ0n) is 5.73. The van der Waals surface area contributed by atoms with Gasteiger partial charge in [0.1, 0.15) is 0 Å². The zero-order valence-corrected chi connectivity index (χ0v) is 5.73. The molecule has 0 aliphatic rings. The molecule has 0 fully saturated rings. The van der Waals surface area contributed by atoms with Crippen molar-refractivity contribution in [1.29, 1.82) is 5.26 Å². The molecular formula is C7H10N2. The lowest BCUT2D eigenvalue weighted by molar-refractivity contribution is 1.04. The molecule has 48 valence electrons. The molecule has 0 aromatic heterocycles. The number of nitrogens with one attached hydrogen (secondary N) is 1. The Balaban J connectivity index is 4.00. The van der Waals surface area contributed by atoms with Crippen LogP contribution in [0, 0.1) is 11.3 Å². The van der Waals surface area contributed by atoms with Crippen molar-refractivity contribution in [3.63, 3.8) is 0 Å². The van der Waals surface area contributed by atoms with E-state index in [9.17, 15) is 0 Å². The van der Waals surface area contributed by atoms with Gasteiger partial charge in [-0.3, -0.25) is 0 Å². The number of likely N-dealkylation sites (N-methyl/N-ethyl adjacent to an activating group) is 1. The van der Waals surface area contributed by atoms with E-state index in [1.54, 1.807) is 20.0 Å². The van der Waals surface area contributed by atoms with Crippen LogP contribution in [-0.4, -0.2) is 7.05 Å². The van der Waals surface area contributed by atoms with Crippen LogP contribution in [0.25, 0.3) is 0 Å². The summed E-state index contributed by atoms with van der Waals surface area (Å²) in [6.45, 7) is 5.36. The largest absolute Gasteiger partial charge is 0.389 e. The van der Waals surface area contributed by atoms with Crippen LogP contribution in [0.3, 0.4) is 0 Å². The van der Waals surface area contributed by atoms with E-state index < -0.39 is 0 Å². The fourth-order valence-corrected chi connectivity index (χ4v) is 0.366. The highest BCUT2D eigenvalue weighted by atomic mass is 14.8. The summed E-state index contributed by atoms with van der Waals surface area (Å²) in [4.78, 5) is 0. The van der Waals surface area contributed by atoms with Gasteiger partial charge in [0.25, 0.3) is 0 Å². The zero-order chi connectivity index (χ0) is 7.28. The molecular weight excluding hydrogens is 112 g/mol. The van der Waals surface area contributed by atoms with Crippen molar-refractivity contribution >= 4 is 0 Å². The molecule has 2 nitrogen and oxygen atoms in total. The van der Waals surface area contributed by atoms with Crippen LogP contribution in [0.5, 0.6) is 0 Å². The molecule has 0 radical (unpaired) electrons. The van der Waals surface area contributed by atoms with E-state index in [4.69, 9.17) is 5.26 Å². The van der Waals surface area contributed by atoms with Gasteiger partial charge in [0.05, 0.1) is 6.07 Å². The number of allylic oxidation sites excluding steroid dienone is 2. The van der Waals surface area contributed by atoms with Gasteiger partial charge in [-0.2, -0.15) is 5.26 Å². The lowest BCUT2D eigenvalue weighted by Gasteiger charge is -1.94. The molecule has 0 aliphatic heterocycles. The van der Waals surface area contributed by atoms with Gasteiger partial charge in [-0.15, -0.1) is 0 Å². The normalized spacial score (nSPS) is 10.1. The molecule has 0 saturated heterocycles. The fourth-order valence-electron chi connectivity index (χ4n) is 0.366. The Morgan fingerprint density at radius 1 is 1.78 bits per heavy atom. The van der Waals surface area contributed by atoms with E-state index in [1.807, 2.05) is 6.07 Å². The van der Waals surface area contributed by atoms with Crippen molar-refractivity contribution in [2.45, 2.75) is 6.92 Å². The van der Waals surface area contributed by atoms with Crippen molar-refractivity contribution in [3.05, 3.63) is 23.9 Å². The van der Waals surface area contributed by atoms with Crippen molar-refractivity contribution in [2.75, 3.05) is 7.05 Å². The minimum atomic E-state index is 0.661. The second kappa shape index (κ2) is 3.73. The van der Waals surface area contributed by atoms with E-state index >= 15 is 0 Å². The molecule has 9 heavy (non-hydrogen) atoms. The number of hydrogen-bond acceptors (Lipinski definition) is 2. The summed E-state index contributed by atoms with van der Waals surface area (Å²) in [7, 11) is 1.77. The molecule has 0 bridgehead atoms. The number of hydrogen-bond donors (Lipinski definition) is 1. The molecule has 0 aliphatic carbocycles. The maximum Gasteiger partial charge on any atom is 0.0944 e. The SMILES string of the molecule is C=C(/C=C(\C)C#N)NC. The molecule has 1 N–H and O–H groups in total. The molecule has 0 rings (SSSR count). The van der Waals surface area contributed by atoms with Crippen molar-refractivity contribution in [3.8, 4) is 6.07 Å². The average molecular weight is 122 g/mol. The van der Waals surface area contributed by atoms with Crippen LogP contribution in [0.2, 0.25) is 0 Å². The molecule has 0 atom stereocenters. The Morgan fingerprint density at radius 3 is 2.67 bits per heavy atom. The van der Waals surface area contributed by atoms with Gasteiger partial charge < -0.3 is 5.32 Å². The summed E-state index contributed by atoms with van der Waals surface area (Å²) in [5, 5.41) is 11.1. The maximum atomic E-state index is 8.29. The summed E-state index contributed by atoms with van der Waals surface area (Å²) >= 11 is 0. The molecule has 0 spiro atoms. The van der Waals surface area contributed by atoms with E-state index in [1.165, 1.54) is 0 Å². The van der Waals surface area contributed by atoms with E-state index in [0.29, 0.717) is 5.57 Å². The third-order valence-corrected chi connectivity index (χ3v) is 0.888. The summed E-state index contributed by atoms with van der Waals surface area (Å²) < 4.78 is 0. The first kappa shape index (κ1) is 7.77. The Hall–Kier alpha value is -1.23. The first-order valence-corrected chi connectivity index (χ1v) is 2.65. The molecule has 0 aromatic rings. The molecule has 0 aromatic carbocycles. The van der Waals surface area contributed by atoms with Crippen LogP contribution in [0.4, 0.5) is 0 Å². The predicted octanol–water partition coefficient (Wildman–Crippen LogP) is 1.19. The maximum absolute atomic E-state index is 8.29. The van der Waals surface area contributed by atoms with Crippen molar-refractivity contribution < 1.29 is 0 Å². The smallest absolute Gasteiger partial charge is 0.0944 e. The van der Waals surface area contributed by atoms with Crippen LogP contribution in [-0.2, 0) is 0 Å². The van der Waals surface area contributed by atoms with Gasteiger partial charge in [-0.25, -0.2) is 0 Å². The first-order chi connectivity index (χ1) is 4.20. The average Bonchev–Trinajstić information content (AvgIpc) is 1.87. The molecule has 0 amide bonds. The summed E-state index contributed by atoms with van der Waals surface area (Å²) in [5.74, 6) is 0. The van der Waals surface area contributed by atoms with Crippen LogP contribution < -0.4 is 5.32 Å². The third kappa shape index (κ3) is 3.36. The minimum absolute atomic E-state index is 0.661. The number of nitrogens with zero attached hydrogens (tertiary/aromatic N) is 1. The molecule has 2 heteroatoms.